The van der Waals surface area contributed by atoms with Crippen LogP contribution < -0.4 is 0 Å². The van der Waals surface area contributed by atoms with Crippen LogP contribution in [-0.2, 0) is 25.8 Å². The number of hydrogen-bond acceptors (Lipinski definition) is 8. The first-order valence-corrected chi connectivity index (χ1v) is 15.5. The van der Waals surface area contributed by atoms with Gasteiger partial charge in [0.2, 0.25) is 11.8 Å². The number of likely N-dealkylation sites (tertiary alicyclic amines) is 1. The highest BCUT2D eigenvalue weighted by molar-refractivity contribution is 8.02. The summed E-state index contributed by atoms with van der Waals surface area (Å²) in [6, 6.07) is 15.0. The zero-order valence-corrected chi connectivity index (χ0v) is 24.6. The fourth-order valence-electron chi connectivity index (χ4n) is 7.30. The van der Waals surface area contributed by atoms with Crippen molar-refractivity contribution in [3.63, 3.8) is 0 Å². The molecule has 10 nitrogen and oxygen atoms in total. The van der Waals surface area contributed by atoms with Crippen LogP contribution in [0.25, 0.3) is 11.0 Å². The Morgan fingerprint density at radius 1 is 1.02 bits per heavy atom. The number of para-hydroxylation sites is 1. The summed E-state index contributed by atoms with van der Waals surface area (Å²) in [5, 5.41) is 19.3. The number of aliphatic hydroxyl groups is 1. The zero-order valence-electron chi connectivity index (χ0n) is 23.8. The lowest BCUT2D eigenvalue weighted by atomic mass is 9.74. The minimum atomic E-state index is -1.06. The standard InChI is InChI=1S/C32H33N5O5S/c1-31-15-8-3-9-18-42-30(41)26(31)25-28(39)37(24(19-38)21-11-4-2-5-12-21)27-29(40)35(17-10-16-32(25,27)43-31)20-36-23-14-7-6-13-22(23)33-34-36/h2,4-8,10-16,24-27,38H,3,9,17-20H2,1H3/b15-8-/t24-,25+,26-,27?,31+,32+/m1/s1. The molecule has 1 aromatic heterocycles. The molecule has 2 aromatic carbocycles. The summed E-state index contributed by atoms with van der Waals surface area (Å²) < 4.78 is 5.57. The summed E-state index contributed by atoms with van der Waals surface area (Å²) in [5.41, 5.74) is 2.22. The number of aliphatic hydroxyl groups excluding tert-OH is 1. The number of carbonyl (C=O) groups is 3. The van der Waals surface area contributed by atoms with Crippen LogP contribution in [0.15, 0.2) is 78.9 Å². The molecule has 2 amide bonds. The van der Waals surface area contributed by atoms with E-state index in [1.165, 1.54) is 11.8 Å². The van der Waals surface area contributed by atoms with Gasteiger partial charge in [0.1, 0.15) is 18.2 Å². The van der Waals surface area contributed by atoms with E-state index in [0.717, 1.165) is 17.5 Å². The van der Waals surface area contributed by atoms with Gasteiger partial charge in [0.25, 0.3) is 0 Å². The summed E-state index contributed by atoms with van der Waals surface area (Å²) in [6.45, 7) is 2.29. The Morgan fingerprint density at radius 3 is 2.63 bits per heavy atom. The molecule has 1 unspecified atom stereocenters. The number of nitrogens with zero attached hydrogens (tertiary/aromatic N) is 5. The van der Waals surface area contributed by atoms with Crippen LogP contribution in [-0.4, -0.2) is 83.0 Å². The van der Waals surface area contributed by atoms with Gasteiger partial charge in [-0.3, -0.25) is 14.4 Å². The third-order valence-electron chi connectivity index (χ3n) is 9.19. The molecule has 7 rings (SSSR count). The molecule has 1 N–H and O–H groups in total. The molecule has 6 atom stereocenters. The van der Waals surface area contributed by atoms with E-state index in [4.69, 9.17) is 4.74 Å². The number of esters is 1. The molecule has 4 aliphatic rings. The Balaban J connectivity index is 1.36. The van der Waals surface area contributed by atoms with E-state index in [9.17, 15) is 19.5 Å². The average Bonchev–Trinajstić information content (AvgIpc) is 3.58. The number of ether oxygens (including phenoxy) is 1. The SMILES string of the molecule is C[C@]12/C=C\CCCOC(=O)[C@H]1[C@H]1C(=O)N([C@H](CO)c3ccccc3)C3C(=O)N(Cn4nnc5ccccc54)CC=C[C@@]31S2. The van der Waals surface area contributed by atoms with Crippen LogP contribution in [0.4, 0.5) is 0 Å². The van der Waals surface area contributed by atoms with E-state index in [0.29, 0.717) is 12.0 Å². The maximum Gasteiger partial charge on any atom is 0.311 e. The molecule has 3 aromatic rings. The number of amides is 2. The normalized spacial score (nSPS) is 31.9. The van der Waals surface area contributed by atoms with Crippen LogP contribution in [0.3, 0.4) is 0 Å². The minimum Gasteiger partial charge on any atom is -0.465 e. The van der Waals surface area contributed by atoms with Crippen molar-refractivity contribution in [1.82, 2.24) is 24.8 Å². The largest absolute Gasteiger partial charge is 0.465 e. The van der Waals surface area contributed by atoms with E-state index in [2.05, 4.69) is 16.4 Å². The molecule has 222 valence electrons. The Bertz CT molecular complexity index is 1640. The number of rotatable bonds is 5. The summed E-state index contributed by atoms with van der Waals surface area (Å²) in [6.07, 6.45) is 9.44. The van der Waals surface area contributed by atoms with Gasteiger partial charge >= 0.3 is 5.97 Å². The smallest absolute Gasteiger partial charge is 0.311 e. The molecule has 0 bridgehead atoms. The molecule has 2 saturated heterocycles. The molecule has 11 heteroatoms. The Kier molecular flexibility index (Phi) is 6.89. The molecule has 2 fully saturated rings. The van der Waals surface area contributed by atoms with Gasteiger partial charge in [0, 0.05) is 11.3 Å². The molecular formula is C32H33N5O5S. The second-order valence-electron chi connectivity index (χ2n) is 11.7. The second kappa shape index (κ2) is 10.6. The van der Waals surface area contributed by atoms with Gasteiger partial charge in [0.05, 0.1) is 41.4 Å². The van der Waals surface area contributed by atoms with E-state index >= 15 is 0 Å². The summed E-state index contributed by atoms with van der Waals surface area (Å²) >= 11 is 1.49. The van der Waals surface area contributed by atoms with Crippen LogP contribution in [0.1, 0.15) is 31.4 Å². The lowest BCUT2D eigenvalue weighted by molar-refractivity contribution is -0.154. The molecule has 0 radical (unpaired) electrons. The first-order chi connectivity index (χ1) is 20.9. The van der Waals surface area contributed by atoms with Crippen LogP contribution >= 0.6 is 11.8 Å². The number of cyclic esters (lactones) is 1. The second-order valence-corrected chi connectivity index (χ2v) is 13.5. The highest BCUT2D eigenvalue weighted by atomic mass is 32.2. The maximum atomic E-state index is 14.8. The average molecular weight is 600 g/mol. The van der Waals surface area contributed by atoms with Gasteiger partial charge in [-0.05, 0) is 37.5 Å². The number of aromatic nitrogens is 3. The Morgan fingerprint density at radius 2 is 1.81 bits per heavy atom. The van der Waals surface area contributed by atoms with E-state index in [1.54, 1.807) is 14.5 Å². The highest BCUT2D eigenvalue weighted by Crippen LogP contribution is 2.66. The van der Waals surface area contributed by atoms with E-state index in [1.807, 2.05) is 79.7 Å². The molecule has 1 spiro atoms. The molecule has 0 saturated carbocycles. The third-order valence-corrected chi connectivity index (χ3v) is 11.0. The Hall–Kier alpha value is -3.96. The van der Waals surface area contributed by atoms with Crippen LogP contribution in [0.2, 0.25) is 0 Å². The third kappa shape index (κ3) is 4.31. The number of fused-ring (bicyclic) bond motifs is 3. The van der Waals surface area contributed by atoms with Gasteiger partial charge in [-0.2, -0.15) is 0 Å². The van der Waals surface area contributed by atoms with Crippen molar-refractivity contribution in [3.8, 4) is 0 Å². The molecule has 4 aliphatic heterocycles. The summed E-state index contributed by atoms with van der Waals surface area (Å²) in [5.74, 6) is -2.67. The van der Waals surface area contributed by atoms with Gasteiger partial charge in [-0.15, -0.1) is 16.9 Å². The van der Waals surface area contributed by atoms with Crippen LogP contribution in [0.5, 0.6) is 0 Å². The predicted octanol–water partition coefficient (Wildman–Crippen LogP) is 3.10. The number of thioether (sulfide) groups is 1. The van der Waals surface area contributed by atoms with Gasteiger partial charge in [0.15, 0.2) is 0 Å². The fourth-order valence-corrected chi connectivity index (χ4v) is 9.44. The maximum absolute atomic E-state index is 14.8. The predicted molar refractivity (Wildman–Crippen MR) is 160 cm³/mol. The lowest BCUT2D eigenvalue weighted by Crippen LogP contribution is -2.54. The van der Waals surface area contributed by atoms with Crippen molar-refractivity contribution in [2.45, 2.75) is 48.0 Å². The quantitative estimate of drug-likeness (QED) is 0.351. The summed E-state index contributed by atoms with van der Waals surface area (Å²) in [7, 11) is 0. The number of hydrogen-bond donors (Lipinski definition) is 1. The van der Waals surface area contributed by atoms with Crippen molar-refractivity contribution < 1.29 is 24.2 Å². The number of benzene rings is 2. The Labute approximate surface area is 253 Å². The topological polar surface area (TPSA) is 118 Å². The molecule has 5 heterocycles. The monoisotopic (exact) mass is 599 g/mol. The van der Waals surface area contributed by atoms with Crippen molar-refractivity contribution in [1.29, 1.82) is 0 Å². The van der Waals surface area contributed by atoms with Crippen LogP contribution in [0, 0.1) is 11.8 Å². The lowest BCUT2D eigenvalue weighted by Gasteiger charge is -2.39. The van der Waals surface area contributed by atoms with Crippen molar-refractivity contribution >= 4 is 40.6 Å². The number of carbonyl (C=O) groups excluding carboxylic acids is 3. The zero-order chi connectivity index (χ0) is 29.8. The van der Waals surface area contributed by atoms with Crippen molar-refractivity contribution in [3.05, 3.63) is 84.5 Å². The summed E-state index contributed by atoms with van der Waals surface area (Å²) in [4.78, 5) is 46.5. The highest BCUT2D eigenvalue weighted by Gasteiger charge is 2.74. The molecular weight excluding hydrogens is 566 g/mol. The van der Waals surface area contributed by atoms with Crippen molar-refractivity contribution in [2.75, 3.05) is 19.8 Å². The molecule has 43 heavy (non-hydrogen) atoms. The van der Waals surface area contributed by atoms with Gasteiger partial charge < -0.3 is 19.6 Å². The first kappa shape index (κ1) is 27.8. The number of allylic oxidation sites excluding steroid dienone is 1. The minimum absolute atomic E-state index is 0.130. The van der Waals surface area contributed by atoms with Crippen molar-refractivity contribution in [2.24, 2.45) is 11.8 Å². The fraction of sp³-hybridized carbons (Fsp3) is 0.406. The first-order valence-electron chi connectivity index (χ1n) is 14.7. The molecule has 0 aliphatic carbocycles. The van der Waals surface area contributed by atoms with Gasteiger partial charge in [-0.25, -0.2) is 4.68 Å². The van der Waals surface area contributed by atoms with E-state index < -0.39 is 39.4 Å². The van der Waals surface area contributed by atoms with Gasteiger partial charge in [-0.1, -0.05) is 72.0 Å². The van der Waals surface area contributed by atoms with E-state index in [-0.39, 0.29) is 38.2 Å².